The number of carbonyl (C=O) groups excluding carboxylic acids is 1. The predicted octanol–water partition coefficient (Wildman–Crippen LogP) is 1.91. The van der Waals surface area contributed by atoms with Gasteiger partial charge in [-0.2, -0.15) is 0 Å². The molecule has 2 aromatic rings. The molecule has 0 aromatic carbocycles. The summed E-state index contributed by atoms with van der Waals surface area (Å²) in [5.41, 5.74) is 2.72. The van der Waals surface area contributed by atoms with Gasteiger partial charge in [-0.05, 0) is 25.5 Å². The lowest BCUT2D eigenvalue weighted by Gasteiger charge is -2.22. The molecule has 0 aliphatic carbocycles. The maximum absolute atomic E-state index is 11.0. The lowest BCUT2D eigenvalue weighted by atomic mass is 10.2. The molecule has 0 spiro atoms. The number of aromatic nitrogens is 3. The predicted molar refractivity (Wildman–Crippen MR) is 84.1 cm³/mol. The van der Waals surface area contributed by atoms with Crippen molar-refractivity contribution in [1.29, 1.82) is 0 Å². The molecule has 0 saturated carbocycles. The number of hydrogen-bond acceptors (Lipinski definition) is 6. The summed E-state index contributed by atoms with van der Waals surface area (Å²) in [5.74, 6) is 0.803. The van der Waals surface area contributed by atoms with Gasteiger partial charge in [-0.1, -0.05) is 0 Å². The molecule has 1 fully saturated rings. The molecule has 1 amide bonds. The highest BCUT2D eigenvalue weighted by molar-refractivity contribution is 7.09. The first-order valence-electron chi connectivity index (χ1n) is 7.40. The Balaban J connectivity index is 1.71. The van der Waals surface area contributed by atoms with E-state index in [2.05, 4.69) is 25.2 Å². The van der Waals surface area contributed by atoms with Crippen LogP contribution < -0.4 is 5.32 Å². The standard InChI is InChI=1S/C15H19N5OS/c1-11(21)18-7-12-4-5-17-15(19-12)14-3-2-6-20(14)9-13-8-16-10-22-13/h4-5,8,10,14H,2-3,6-7,9H2,1H3,(H,18,21)/t14-/m0/s1. The third kappa shape index (κ3) is 3.66. The molecule has 1 saturated heterocycles. The minimum atomic E-state index is -0.0483. The van der Waals surface area contributed by atoms with Crippen LogP contribution in [0.15, 0.2) is 24.0 Å². The van der Waals surface area contributed by atoms with Gasteiger partial charge in [0, 0.05) is 30.7 Å². The van der Waals surface area contributed by atoms with Crippen LogP contribution in [0.1, 0.15) is 42.2 Å². The fraction of sp³-hybridized carbons (Fsp3) is 0.467. The van der Waals surface area contributed by atoms with Crippen molar-refractivity contribution in [2.45, 2.75) is 38.9 Å². The first-order chi connectivity index (χ1) is 10.7. The summed E-state index contributed by atoms with van der Waals surface area (Å²) in [6.07, 6.45) is 5.93. The Morgan fingerprint density at radius 2 is 2.45 bits per heavy atom. The Morgan fingerprint density at radius 1 is 1.55 bits per heavy atom. The summed E-state index contributed by atoms with van der Waals surface area (Å²) >= 11 is 1.68. The van der Waals surface area contributed by atoms with Crippen LogP contribution in [0.4, 0.5) is 0 Å². The summed E-state index contributed by atoms with van der Waals surface area (Å²) < 4.78 is 0. The Labute approximate surface area is 133 Å². The molecule has 6 nitrogen and oxygen atoms in total. The summed E-state index contributed by atoms with van der Waals surface area (Å²) in [4.78, 5) is 27.9. The Hall–Kier alpha value is -1.86. The van der Waals surface area contributed by atoms with Gasteiger partial charge in [-0.3, -0.25) is 14.7 Å². The smallest absolute Gasteiger partial charge is 0.217 e. The maximum Gasteiger partial charge on any atom is 0.217 e. The second kappa shape index (κ2) is 6.93. The van der Waals surface area contributed by atoms with Gasteiger partial charge < -0.3 is 5.32 Å². The largest absolute Gasteiger partial charge is 0.351 e. The van der Waals surface area contributed by atoms with Crippen molar-refractivity contribution in [2.75, 3.05) is 6.54 Å². The van der Waals surface area contributed by atoms with Crippen molar-refractivity contribution in [3.63, 3.8) is 0 Å². The van der Waals surface area contributed by atoms with Crippen LogP contribution in [0.25, 0.3) is 0 Å². The number of likely N-dealkylation sites (tertiary alicyclic amines) is 1. The van der Waals surface area contributed by atoms with Gasteiger partial charge in [-0.15, -0.1) is 11.3 Å². The van der Waals surface area contributed by atoms with E-state index in [0.717, 1.165) is 37.4 Å². The molecule has 1 aliphatic rings. The number of nitrogens with one attached hydrogen (secondary N) is 1. The van der Waals surface area contributed by atoms with Crippen LogP contribution in [0.3, 0.4) is 0 Å². The third-order valence-corrected chi connectivity index (χ3v) is 4.52. The minimum Gasteiger partial charge on any atom is -0.351 e. The summed E-state index contributed by atoms with van der Waals surface area (Å²) in [5, 5.41) is 2.78. The average molecular weight is 317 g/mol. The fourth-order valence-corrected chi connectivity index (χ4v) is 3.33. The molecule has 7 heteroatoms. The zero-order chi connectivity index (χ0) is 15.4. The summed E-state index contributed by atoms with van der Waals surface area (Å²) in [6, 6.07) is 2.10. The topological polar surface area (TPSA) is 71.0 Å². The van der Waals surface area contributed by atoms with E-state index >= 15 is 0 Å². The summed E-state index contributed by atoms with van der Waals surface area (Å²) in [6.45, 7) is 3.92. The maximum atomic E-state index is 11.0. The lowest BCUT2D eigenvalue weighted by Crippen LogP contribution is -2.25. The zero-order valence-corrected chi connectivity index (χ0v) is 13.3. The molecule has 1 atom stereocenters. The van der Waals surface area contributed by atoms with Crippen LogP contribution in [0.5, 0.6) is 0 Å². The highest BCUT2D eigenvalue weighted by atomic mass is 32.1. The Bertz CT molecular complexity index is 631. The molecule has 1 N–H and O–H groups in total. The highest BCUT2D eigenvalue weighted by Gasteiger charge is 2.28. The van der Waals surface area contributed by atoms with Crippen molar-refractivity contribution < 1.29 is 4.79 Å². The second-order valence-electron chi connectivity index (χ2n) is 5.41. The van der Waals surface area contributed by atoms with Gasteiger partial charge >= 0.3 is 0 Å². The Kier molecular flexibility index (Phi) is 4.74. The number of carbonyl (C=O) groups is 1. The van der Waals surface area contributed by atoms with Crippen molar-refractivity contribution in [2.24, 2.45) is 0 Å². The second-order valence-corrected chi connectivity index (χ2v) is 6.38. The van der Waals surface area contributed by atoms with Gasteiger partial charge in [0.25, 0.3) is 0 Å². The molecular formula is C15H19N5OS. The van der Waals surface area contributed by atoms with E-state index < -0.39 is 0 Å². The normalized spacial score (nSPS) is 18.5. The molecule has 3 heterocycles. The first kappa shape index (κ1) is 15.1. The number of amides is 1. The third-order valence-electron chi connectivity index (χ3n) is 3.75. The van der Waals surface area contributed by atoms with E-state index in [-0.39, 0.29) is 11.9 Å². The van der Waals surface area contributed by atoms with Gasteiger partial charge in [0.05, 0.1) is 23.8 Å². The van der Waals surface area contributed by atoms with Gasteiger partial charge in [0.15, 0.2) is 0 Å². The minimum absolute atomic E-state index is 0.0483. The number of nitrogens with zero attached hydrogens (tertiary/aromatic N) is 4. The van der Waals surface area contributed by atoms with Crippen LogP contribution in [0, 0.1) is 0 Å². The molecule has 22 heavy (non-hydrogen) atoms. The van der Waals surface area contributed by atoms with Gasteiger partial charge in [0.2, 0.25) is 5.91 Å². The van der Waals surface area contributed by atoms with Crippen molar-refractivity contribution in [1.82, 2.24) is 25.2 Å². The van der Waals surface area contributed by atoms with Crippen molar-refractivity contribution >= 4 is 17.2 Å². The monoisotopic (exact) mass is 317 g/mol. The molecule has 0 unspecified atom stereocenters. The molecular weight excluding hydrogens is 298 g/mol. The van der Waals surface area contributed by atoms with Crippen LogP contribution >= 0.6 is 11.3 Å². The van der Waals surface area contributed by atoms with Crippen molar-refractivity contribution in [3.8, 4) is 0 Å². The van der Waals surface area contributed by atoms with Gasteiger partial charge in [0.1, 0.15) is 5.82 Å². The highest BCUT2D eigenvalue weighted by Crippen LogP contribution is 2.31. The molecule has 0 bridgehead atoms. The zero-order valence-electron chi connectivity index (χ0n) is 12.5. The van der Waals surface area contributed by atoms with Gasteiger partial charge in [-0.25, -0.2) is 9.97 Å². The lowest BCUT2D eigenvalue weighted by molar-refractivity contribution is -0.119. The van der Waals surface area contributed by atoms with E-state index in [1.165, 1.54) is 11.8 Å². The molecule has 116 valence electrons. The summed E-state index contributed by atoms with van der Waals surface area (Å²) in [7, 11) is 0. The van der Waals surface area contributed by atoms with E-state index in [4.69, 9.17) is 0 Å². The number of rotatable bonds is 5. The fourth-order valence-electron chi connectivity index (χ4n) is 2.72. The number of thiazole rings is 1. The van der Waals surface area contributed by atoms with E-state index in [1.54, 1.807) is 17.5 Å². The SMILES string of the molecule is CC(=O)NCc1ccnc([C@@H]2CCCN2Cc2cncs2)n1. The quantitative estimate of drug-likeness (QED) is 0.912. The molecule has 2 aromatic heterocycles. The van der Waals surface area contributed by atoms with E-state index in [1.807, 2.05) is 17.8 Å². The van der Waals surface area contributed by atoms with Crippen LogP contribution in [-0.2, 0) is 17.9 Å². The van der Waals surface area contributed by atoms with Crippen molar-refractivity contribution in [3.05, 3.63) is 40.4 Å². The Morgan fingerprint density at radius 3 is 3.23 bits per heavy atom. The molecule has 0 radical (unpaired) electrons. The first-order valence-corrected chi connectivity index (χ1v) is 8.28. The average Bonchev–Trinajstić information content (AvgIpc) is 3.18. The van der Waals surface area contributed by atoms with Crippen LogP contribution in [0.2, 0.25) is 0 Å². The molecule has 1 aliphatic heterocycles. The van der Waals surface area contributed by atoms with E-state index in [9.17, 15) is 4.79 Å². The van der Waals surface area contributed by atoms with Crippen LogP contribution in [-0.4, -0.2) is 32.3 Å². The van der Waals surface area contributed by atoms with E-state index in [0.29, 0.717) is 6.54 Å². The molecule has 3 rings (SSSR count). The number of hydrogen-bond donors (Lipinski definition) is 1.